The molecule has 6 heteroatoms. The van der Waals surface area contributed by atoms with E-state index in [9.17, 15) is 9.90 Å². The molecular formula is C17H20ClNO4. The van der Waals surface area contributed by atoms with Crippen LogP contribution < -0.4 is 10.1 Å². The number of carbonyl (C=O) groups is 1. The first-order valence-electron chi connectivity index (χ1n) is 7.16. The van der Waals surface area contributed by atoms with Crippen molar-refractivity contribution in [2.75, 3.05) is 13.7 Å². The number of furan rings is 1. The van der Waals surface area contributed by atoms with Crippen molar-refractivity contribution in [2.45, 2.75) is 26.4 Å². The number of methoxy groups -OCH3 is 1. The maximum Gasteiger partial charge on any atom is 0.255 e. The van der Waals surface area contributed by atoms with Gasteiger partial charge in [-0.2, -0.15) is 0 Å². The van der Waals surface area contributed by atoms with Gasteiger partial charge in [-0.25, -0.2) is 0 Å². The average molecular weight is 338 g/mol. The molecule has 0 aliphatic rings. The molecule has 1 aromatic heterocycles. The van der Waals surface area contributed by atoms with E-state index in [1.165, 1.54) is 13.2 Å². The maximum absolute atomic E-state index is 12.4. The first kappa shape index (κ1) is 17.4. The Labute approximate surface area is 140 Å². The fraction of sp³-hybridized carbons (Fsp3) is 0.353. The number of hydrogen-bond acceptors (Lipinski definition) is 4. The van der Waals surface area contributed by atoms with Crippen molar-refractivity contribution in [1.82, 2.24) is 5.32 Å². The number of benzene rings is 1. The van der Waals surface area contributed by atoms with Crippen LogP contribution in [0.3, 0.4) is 0 Å². The number of hydrogen-bond donors (Lipinski definition) is 2. The zero-order valence-corrected chi connectivity index (χ0v) is 14.3. The quantitative estimate of drug-likeness (QED) is 0.879. The van der Waals surface area contributed by atoms with Crippen LogP contribution in [0.15, 0.2) is 28.7 Å². The van der Waals surface area contributed by atoms with Crippen molar-refractivity contribution >= 4 is 17.5 Å². The maximum atomic E-state index is 12.4. The van der Waals surface area contributed by atoms with E-state index in [1.807, 2.05) is 6.92 Å². The van der Waals surface area contributed by atoms with Crippen molar-refractivity contribution < 1.29 is 19.1 Å². The SMILES string of the molecule is COc1ccc(Cl)cc1C(=O)NCC(C)(O)c1cc(C)oc1C. The molecule has 5 nitrogen and oxygen atoms in total. The smallest absolute Gasteiger partial charge is 0.255 e. The van der Waals surface area contributed by atoms with Crippen LogP contribution in [0.1, 0.15) is 34.4 Å². The van der Waals surface area contributed by atoms with Gasteiger partial charge in [-0.3, -0.25) is 4.79 Å². The summed E-state index contributed by atoms with van der Waals surface area (Å²) >= 11 is 5.93. The van der Waals surface area contributed by atoms with Gasteiger partial charge >= 0.3 is 0 Å². The van der Waals surface area contributed by atoms with Crippen molar-refractivity contribution in [3.8, 4) is 5.75 Å². The lowest BCUT2D eigenvalue weighted by molar-refractivity contribution is 0.0513. The second-order valence-corrected chi connectivity index (χ2v) is 6.06. The van der Waals surface area contributed by atoms with E-state index in [2.05, 4.69) is 5.32 Å². The summed E-state index contributed by atoms with van der Waals surface area (Å²) in [6.07, 6.45) is 0. The van der Waals surface area contributed by atoms with Gasteiger partial charge in [0.15, 0.2) is 0 Å². The molecule has 0 fully saturated rings. The van der Waals surface area contributed by atoms with E-state index >= 15 is 0 Å². The molecule has 0 bridgehead atoms. The van der Waals surface area contributed by atoms with Crippen molar-refractivity contribution in [1.29, 1.82) is 0 Å². The van der Waals surface area contributed by atoms with Crippen LogP contribution in [0.4, 0.5) is 0 Å². The summed E-state index contributed by atoms with van der Waals surface area (Å²) in [4.78, 5) is 12.4. The normalized spacial score (nSPS) is 13.5. The number of rotatable bonds is 5. The molecule has 2 rings (SSSR count). The number of ether oxygens (including phenoxy) is 1. The topological polar surface area (TPSA) is 71.7 Å². The molecule has 1 atom stereocenters. The van der Waals surface area contributed by atoms with Crippen LogP contribution in [-0.4, -0.2) is 24.7 Å². The minimum Gasteiger partial charge on any atom is -0.496 e. The molecule has 1 unspecified atom stereocenters. The highest BCUT2D eigenvalue weighted by molar-refractivity contribution is 6.31. The Kier molecular flexibility index (Phi) is 5.02. The Hall–Kier alpha value is -1.98. The molecule has 0 radical (unpaired) electrons. The summed E-state index contributed by atoms with van der Waals surface area (Å²) in [5.74, 6) is 1.38. The van der Waals surface area contributed by atoms with Gasteiger partial charge in [-0.1, -0.05) is 11.6 Å². The van der Waals surface area contributed by atoms with E-state index in [0.717, 1.165) is 0 Å². The monoisotopic (exact) mass is 337 g/mol. The number of aryl methyl sites for hydroxylation is 2. The van der Waals surface area contributed by atoms with E-state index in [1.54, 1.807) is 32.0 Å². The van der Waals surface area contributed by atoms with Crippen LogP contribution in [0.2, 0.25) is 5.02 Å². The molecule has 1 amide bonds. The van der Waals surface area contributed by atoms with Gasteiger partial charge in [-0.05, 0) is 45.0 Å². The van der Waals surface area contributed by atoms with Gasteiger partial charge in [0.05, 0.1) is 19.2 Å². The molecule has 0 saturated carbocycles. The zero-order valence-electron chi connectivity index (χ0n) is 13.6. The van der Waals surface area contributed by atoms with Gasteiger partial charge in [0, 0.05) is 10.6 Å². The Morgan fingerprint density at radius 3 is 2.65 bits per heavy atom. The minimum atomic E-state index is -1.25. The third kappa shape index (κ3) is 3.86. The molecule has 2 N–H and O–H groups in total. The van der Waals surface area contributed by atoms with Gasteiger partial charge in [0.25, 0.3) is 5.91 Å². The van der Waals surface area contributed by atoms with Crippen LogP contribution in [0.5, 0.6) is 5.75 Å². The summed E-state index contributed by atoms with van der Waals surface area (Å²) in [7, 11) is 1.48. The summed E-state index contributed by atoms with van der Waals surface area (Å²) in [5, 5.41) is 13.8. The molecule has 1 aromatic carbocycles. The second-order valence-electron chi connectivity index (χ2n) is 5.63. The van der Waals surface area contributed by atoms with Gasteiger partial charge in [0.2, 0.25) is 0 Å². The third-order valence-corrected chi connectivity index (χ3v) is 3.86. The highest BCUT2D eigenvalue weighted by atomic mass is 35.5. The molecule has 124 valence electrons. The first-order valence-corrected chi connectivity index (χ1v) is 7.54. The summed E-state index contributed by atoms with van der Waals surface area (Å²) in [6, 6.07) is 6.56. The largest absolute Gasteiger partial charge is 0.496 e. The second kappa shape index (κ2) is 6.64. The molecule has 0 aliphatic carbocycles. The van der Waals surface area contributed by atoms with Crippen molar-refractivity contribution in [3.63, 3.8) is 0 Å². The van der Waals surface area contributed by atoms with E-state index in [-0.39, 0.29) is 12.5 Å². The Balaban J connectivity index is 2.15. The lowest BCUT2D eigenvalue weighted by Gasteiger charge is -2.23. The van der Waals surface area contributed by atoms with Gasteiger partial charge < -0.3 is 19.6 Å². The third-order valence-electron chi connectivity index (χ3n) is 3.62. The van der Waals surface area contributed by atoms with E-state index < -0.39 is 5.60 Å². The zero-order chi connectivity index (χ0) is 17.2. The van der Waals surface area contributed by atoms with Crippen LogP contribution in [0, 0.1) is 13.8 Å². The first-order chi connectivity index (χ1) is 10.7. The highest BCUT2D eigenvalue weighted by Crippen LogP contribution is 2.27. The summed E-state index contributed by atoms with van der Waals surface area (Å²) in [6.45, 7) is 5.24. The molecule has 2 aromatic rings. The molecule has 0 saturated heterocycles. The van der Waals surface area contributed by atoms with E-state index in [0.29, 0.717) is 33.4 Å². The van der Waals surface area contributed by atoms with E-state index in [4.69, 9.17) is 20.8 Å². The molecule has 0 spiro atoms. The highest BCUT2D eigenvalue weighted by Gasteiger charge is 2.28. The fourth-order valence-electron chi connectivity index (χ4n) is 2.47. The molecule has 0 aliphatic heterocycles. The average Bonchev–Trinajstić information content (AvgIpc) is 2.84. The number of aliphatic hydroxyl groups is 1. The van der Waals surface area contributed by atoms with Crippen LogP contribution in [0.25, 0.3) is 0 Å². The Morgan fingerprint density at radius 1 is 1.39 bits per heavy atom. The predicted molar refractivity (Wildman–Crippen MR) is 88.1 cm³/mol. The van der Waals surface area contributed by atoms with Gasteiger partial charge in [-0.15, -0.1) is 0 Å². The Bertz CT molecular complexity index is 721. The van der Waals surface area contributed by atoms with Gasteiger partial charge in [0.1, 0.15) is 22.9 Å². The number of halogens is 1. The number of carbonyl (C=O) groups excluding carboxylic acids is 1. The molecule has 1 heterocycles. The summed E-state index contributed by atoms with van der Waals surface area (Å²) < 4.78 is 10.6. The summed E-state index contributed by atoms with van der Waals surface area (Å²) in [5.41, 5.74) is -0.284. The minimum absolute atomic E-state index is 0.0291. The van der Waals surface area contributed by atoms with Crippen LogP contribution >= 0.6 is 11.6 Å². The lowest BCUT2D eigenvalue weighted by Crippen LogP contribution is -2.38. The fourth-order valence-corrected chi connectivity index (χ4v) is 2.64. The Morgan fingerprint density at radius 2 is 2.09 bits per heavy atom. The van der Waals surface area contributed by atoms with Crippen molar-refractivity contribution in [3.05, 3.63) is 51.9 Å². The lowest BCUT2D eigenvalue weighted by atomic mass is 9.96. The molecule has 23 heavy (non-hydrogen) atoms. The van der Waals surface area contributed by atoms with Crippen LogP contribution in [-0.2, 0) is 5.60 Å². The number of amides is 1. The molecular weight excluding hydrogens is 318 g/mol. The number of nitrogens with one attached hydrogen (secondary N) is 1. The standard InChI is InChI=1S/C17H20ClNO4/c1-10-7-14(11(2)23-10)17(3,21)9-19-16(20)13-8-12(18)5-6-15(13)22-4/h5-8,21H,9H2,1-4H3,(H,19,20). The van der Waals surface area contributed by atoms with Crippen molar-refractivity contribution in [2.24, 2.45) is 0 Å². The predicted octanol–water partition coefficient (Wildman–Crippen LogP) is 3.20.